The highest BCUT2D eigenvalue weighted by atomic mass is 16.7. The Morgan fingerprint density at radius 2 is 1.71 bits per heavy atom. The molecule has 0 heterocycles. The molecular weight excluding hydrogens is 232 g/mol. The van der Waals surface area contributed by atoms with Gasteiger partial charge in [-0.15, -0.1) is 5.48 Å². The molecule has 0 unspecified atom stereocenters. The van der Waals surface area contributed by atoms with Crippen LogP contribution in [-0.2, 0) is 19.0 Å². The average molecular weight is 250 g/mol. The highest BCUT2D eigenvalue weighted by Crippen LogP contribution is 1.94. The minimum Gasteiger partial charge on any atom is -0.445 e. The maximum Gasteiger partial charge on any atom is 0.441 e. The Balaban J connectivity index is 4.00. The van der Waals surface area contributed by atoms with Crippen molar-refractivity contribution in [1.82, 2.24) is 10.4 Å². The molecule has 17 heavy (non-hydrogen) atoms. The van der Waals surface area contributed by atoms with Crippen molar-refractivity contribution >= 4 is 12.2 Å². The minimum atomic E-state index is -0.844. The first kappa shape index (κ1) is 15.5. The van der Waals surface area contributed by atoms with Crippen molar-refractivity contribution in [3.8, 4) is 0 Å². The van der Waals surface area contributed by atoms with E-state index in [1.165, 1.54) is 14.2 Å². The van der Waals surface area contributed by atoms with E-state index in [4.69, 9.17) is 14.2 Å². The van der Waals surface area contributed by atoms with Crippen molar-refractivity contribution in [2.45, 2.75) is 20.0 Å². The Bertz CT molecular complexity index is 240. The van der Waals surface area contributed by atoms with Gasteiger partial charge < -0.3 is 19.0 Å². The van der Waals surface area contributed by atoms with E-state index in [1.54, 1.807) is 13.8 Å². The summed E-state index contributed by atoms with van der Waals surface area (Å²) in [4.78, 5) is 28.0. The van der Waals surface area contributed by atoms with Gasteiger partial charge in [-0.1, -0.05) is 0 Å². The van der Waals surface area contributed by atoms with E-state index in [2.05, 4.69) is 4.84 Å². The van der Waals surface area contributed by atoms with Crippen LogP contribution in [0.5, 0.6) is 0 Å². The zero-order valence-corrected chi connectivity index (χ0v) is 10.4. The lowest BCUT2D eigenvalue weighted by atomic mass is 10.5. The summed E-state index contributed by atoms with van der Waals surface area (Å²) in [7, 11) is 2.83. The summed E-state index contributed by atoms with van der Waals surface area (Å²) in [5.41, 5.74) is 1.85. The van der Waals surface area contributed by atoms with Gasteiger partial charge in [-0.3, -0.25) is 4.90 Å². The van der Waals surface area contributed by atoms with Gasteiger partial charge in [0.15, 0.2) is 0 Å². The number of carbonyl (C=O) groups excluding carboxylic acids is 2. The summed E-state index contributed by atoms with van der Waals surface area (Å²) in [5, 5.41) is 0. The van der Waals surface area contributed by atoms with Crippen molar-refractivity contribution in [3.05, 3.63) is 0 Å². The SMILES string of the molecule is COCN(COC)C(=O)ONC(=O)OC(C)C. The third-order valence-corrected chi connectivity index (χ3v) is 1.39. The fourth-order valence-electron chi connectivity index (χ4n) is 0.842. The number of nitrogens with one attached hydrogen (secondary N) is 1. The van der Waals surface area contributed by atoms with Gasteiger partial charge in [-0.05, 0) is 13.8 Å². The number of amides is 2. The molecule has 0 aromatic carbocycles. The normalized spacial score (nSPS) is 9.94. The van der Waals surface area contributed by atoms with E-state index in [0.717, 1.165) is 4.90 Å². The summed E-state index contributed by atoms with van der Waals surface area (Å²) in [5.74, 6) is 0. The first-order valence-corrected chi connectivity index (χ1v) is 4.91. The number of hydrogen-bond acceptors (Lipinski definition) is 6. The van der Waals surface area contributed by atoms with Crippen LogP contribution in [0, 0.1) is 0 Å². The number of rotatable bonds is 5. The second kappa shape index (κ2) is 8.59. The number of nitrogens with zero attached hydrogens (tertiary/aromatic N) is 1. The Morgan fingerprint density at radius 3 is 2.12 bits per heavy atom. The fraction of sp³-hybridized carbons (Fsp3) is 0.778. The molecule has 0 bridgehead atoms. The fourth-order valence-corrected chi connectivity index (χ4v) is 0.842. The van der Waals surface area contributed by atoms with Crippen LogP contribution in [-0.4, -0.2) is 50.9 Å². The highest BCUT2D eigenvalue weighted by molar-refractivity contribution is 5.71. The van der Waals surface area contributed by atoms with E-state index in [9.17, 15) is 9.59 Å². The predicted octanol–water partition coefficient (Wildman–Crippen LogP) is 0.682. The van der Waals surface area contributed by atoms with Crippen LogP contribution in [0.4, 0.5) is 9.59 Å². The van der Waals surface area contributed by atoms with E-state index in [-0.39, 0.29) is 19.6 Å². The number of carbonyl (C=O) groups is 2. The molecule has 0 aliphatic carbocycles. The third kappa shape index (κ3) is 7.36. The van der Waals surface area contributed by atoms with E-state index >= 15 is 0 Å². The third-order valence-electron chi connectivity index (χ3n) is 1.39. The van der Waals surface area contributed by atoms with Gasteiger partial charge in [0.2, 0.25) is 0 Å². The number of ether oxygens (including phenoxy) is 3. The average Bonchev–Trinajstić information content (AvgIpc) is 2.24. The summed E-state index contributed by atoms with van der Waals surface area (Å²) >= 11 is 0. The highest BCUT2D eigenvalue weighted by Gasteiger charge is 2.16. The topological polar surface area (TPSA) is 86.3 Å². The number of methoxy groups -OCH3 is 2. The molecule has 0 spiro atoms. The van der Waals surface area contributed by atoms with Gasteiger partial charge in [0.25, 0.3) is 0 Å². The largest absolute Gasteiger partial charge is 0.445 e. The lowest BCUT2D eigenvalue weighted by Crippen LogP contribution is -2.40. The molecule has 0 radical (unpaired) electrons. The summed E-state index contributed by atoms with van der Waals surface area (Å²) < 4.78 is 14.2. The lowest BCUT2D eigenvalue weighted by Gasteiger charge is -2.19. The molecule has 8 nitrogen and oxygen atoms in total. The van der Waals surface area contributed by atoms with Crippen molar-refractivity contribution in [2.75, 3.05) is 27.7 Å². The molecule has 0 saturated heterocycles. The molecule has 0 fully saturated rings. The second-order valence-electron chi connectivity index (χ2n) is 3.30. The smallest absolute Gasteiger partial charge is 0.441 e. The Hall–Kier alpha value is -1.54. The van der Waals surface area contributed by atoms with Crippen LogP contribution in [0.3, 0.4) is 0 Å². The van der Waals surface area contributed by atoms with Crippen molar-refractivity contribution in [2.24, 2.45) is 0 Å². The Morgan fingerprint density at radius 1 is 1.18 bits per heavy atom. The van der Waals surface area contributed by atoms with Crippen molar-refractivity contribution in [1.29, 1.82) is 0 Å². The number of hydroxylamine groups is 1. The van der Waals surface area contributed by atoms with Gasteiger partial charge in [0, 0.05) is 14.2 Å². The van der Waals surface area contributed by atoms with E-state index < -0.39 is 12.2 Å². The molecule has 0 saturated carbocycles. The molecule has 0 aromatic rings. The zero-order valence-electron chi connectivity index (χ0n) is 10.4. The van der Waals surface area contributed by atoms with Gasteiger partial charge >= 0.3 is 12.2 Å². The molecule has 0 rings (SSSR count). The lowest BCUT2D eigenvalue weighted by molar-refractivity contribution is -0.0292. The maximum atomic E-state index is 11.4. The van der Waals surface area contributed by atoms with Crippen LogP contribution < -0.4 is 5.48 Å². The van der Waals surface area contributed by atoms with Crippen molar-refractivity contribution in [3.63, 3.8) is 0 Å². The second-order valence-corrected chi connectivity index (χ2v) is 3.30. The molecule has 1 N–H and O–H groups in total. The van der Waals surface area contributed by atoms with Crippen LogP contribution >= 0.6 is 0 Å². The molecular formula is C9H18N2O6. The first-order chi connectivity index (χ1) is 8.01. The van der Waals surface area contributed by atoms with Crippen LogP contribution in [0.1, 0.15) is 13.8 Å². The van der Waals surface area contributed by atoms with Gasteiger partial charge in [-0.25, -0.2) is 9.59 Å². The minimum absolute atomic E-state index is 0.0203. The molecule has 2 amide bonds. The summed E-state index contributed by atoms with van der Waals surface area (Å²) in [6, 6.07) is 0. The summed E-state index contributed by atoms with van der Waals surface area (Å²) in [6.07, 6.45) is -1.96. The van der Waals surface area contributed by atoms with Crippen LogP contribution in [0.2, 0.25) is 0 Å². The first-order valence-electron chi connectivity index (χ1n) is 4.91. The van der Waals surface area contributed by atoms with Gasteiger partial charge in [0.05, 0.1) is 6.10 Å². The Kier molecular flexibility index (Phi) is 7.82. The number of hydrogen-bond donors (Lipinski definition) is 1. The van der Waals surface area contributed by atoms with Gasteiger partial charge in [0.1, 0.15) is 13.5 Å². The zero-order chi connectivity index (χ0) is 13.3. The molecule has 0 aromatic heterocycles. The van der Waals surface area contributed by atoms with E-state index in [1.807, 2.05) is 5.48 Å². The Labute approximate surface area is 99.7 Å². The molecule has 100 valence electrons. The van der Waals surface area contributed by atoms with Crippen LogP contribution in [0.25, 0.3) is 0 Å². The predicted molar refractivity (Wildman–Crippen MR) is 56.8 cm³/mol. The molecule has 0 atom stereocenters. The molecule has 0 aliphatic rings. The molecule has 8 heteroatoms. The maximum absolute atomic E-state index is 11.4. The van der Waals surface area contributed by atoms with E-state index in [0.29, 0.717) is 0 Å². The van der Waals surface area contributed by atoms with Crippen LogP contribution in [0.15, 0.2) is 0 Å². The monoisotopic (exact) mass is 250 g/mol. The quantitative estimate of drug-likeness (QED) is 0.570. The van der Waals surface area contributed by atoms with Crippen molar-refractivity contribution < 1.29 is 28.6 Å². The van der Waals surface area contributed by atoms with Gasteiger partial charge in [-0.2, -0.15) is 0 Å². The molecule has 0 aliphatic heterocycles. The summed E-state index contributed by atoms with van der Waals surface area (Å²) in [6.45, 7) is 3.30. The standard InChI is InChI=1S/C9H18N2O6/c1-7(2)16-8(12)10-17-9(13)11(5-14-3)6-15-4/h7H,5-6H2,1-4H3,(H,10,12).